The van der Waals surface area contributed by atoms with Crippen LogP contribution < -0.4 is 10.6 Å². The van der Waals surface area contributed by atoms with Gasteiger partial charge in [0.25, 0.3) is 20.2 Å². The molecule has 0 saturated carbocycles. The molecule has 0 atom stereocenters. The Morgan fingerprint density at radius 1 is 0.788 bits per heavy atom. The van der Waals surface area contributed by atoms with Gasteiger partial charge in [0.2, 0.25) is 0 Å². The molecule has 52 heavy (non-hydrogen) atoms. The summed E-state index contributed by atoms with van der Waals surface area (Å²) in [6.07, 6.45) is 0.494. The molecule has 25 heteroatoms. The van der Waals surface area contributed by atoms with Crippen LogP contribution in [-0.4, -0.2) is 97.2 Å². The summed E-state index contributed by atoms with van der Waals surface area (Å²) in [4.78, 5) is 3.28. The minimum absolute atomic E-state index is 0.00658. The van der Waals surface area contributed by atoms with Gasteiger partial charge in [-0.2, -0.15) is 40.7 Å². The van der Waals surface area contributed by atoms with Crippen LogP contribution in [0.25, 0.3) is 0 Å². The average molecular weight is 805 g/mol. The van der Waals surface area contributed by atoms with E-state index >= 15 is 0 Å². The van der Waals surface area contributed by atoms with Crippen LogP contribution in [0, 0.1) is 18.3 Å². The Hall–Kier alpha value is -4.52. The fourth-order valence-corrected chi connectivity index (χ4v) is 6.56. The largest absolute Gasteiger partial charge is 0.397 e. The Bertz CT molecular complexity index is 2310. The first kappa shape index (κ1) is 41.9. The molecule has 0 unspecified atom stereocenters. The van der Waals surface area contributed by atoms with Gasteiger partial charge < -0.3 is 15.4 Å². The molecule has 0 aliphatic rings. The lowest BCUT2D eigenvalue weighted by atomic mass is 10.1. The third-order valence-electron chi connectivity index (χ3n) is 6.57. The first-order valence-corrected chi connectivity index (χ1v) is 20.6. The van der Waals surface area contributed by atoms with Crippen molar-refractivity contribution in [2.24, 2.45) is 20.5 Å². The zero-order chi connectivity index (χ0) is 38.7. The van der Waals surface area contributed by atoms with Gasteiger partial charge in [-0.15, -0.1) is 10.2 Å². The summed E-state index contributed by atoms with van der Waals surface area (Å²) in [6, 6.07) is 9.99. The minimum Gasteiger partial charge on any atom is -0.385 e. The molecular weight excluding hydrogens is 773 g/mol. The molecule has 21 nitrogen and oxygen atoms in total. The molecule has 1 aromatic heterocycles. The van der Waals surface area contributed by atoms with E-state index in [-0.39, 0.29) is 63.5 Å². The second-order valence-electron chi connectivity index (χ2n) is 10.4. The number of ether oxygens (including phenoxy) is 1. The van der Waals surface area contributed by atoms with E-state index in [1.807, 2.05) is 6.07 Å². The molecule has 0 saturated heterocycles. The molecule has 0 radical (unpaired) electrons. The SMILES string of the molecule is COCCCNc1nc(NCCS(=O)(=O)CCOS(=O)(=O)O)c(C#N)c(C)c1N=Nc1ccc(N=Nc2ccc(S(=O)(=O)O)cc2)cc1S(=O)(=O)O. The third kappa shape index (κ3) is 12.9. The Kier molecular flexibility index (Phi) is 14.3. The highest BCUT2D eigenvalue weighted by Crippen LogP contribution is 2.37. The van der Waals surface area contributed by atoms with Crippen molar-refractivity contribution in [2.45, 2.75) is 23.1 Å². The maximum absolute atomic E-state index is 12.3. The number of azo groups is 2. The molecule has 1 heterocycles. The summed E-state index contributed by atoms with van der Waals surface area (Å²) in [5, 5.41) is 31.6. The van der Waals surface area contributed by atoms with Crippen molar-refractivity contribution in [3.63, 3.8) is 0 Å². The smallest absolute Gasteiger partial charge is 0.385 e. The molecule has 0 spiro atoms. The molecule has 0 aliphatic carbocycles. The molecule has 5 N–H and O–H groups in total. The second kappa shape index (κ2) is 17.8. The fourth-order valence-electron chi connectivity index (χ4n) is 4.08. The van der Waals surface area contributed by atoms with Gasteiger partial charge in [0.1, 0.15) is 28.2 Å². The highest BCUT2D eigenvalue weighted by Gasteiger charge is 2.21. The van der Waals surface area contributed by atoms with Gasteiger partial charge in [-0.05, 0) is 55.8 Å². The van der Waals surface area contributed by atoms with E-state index in [1.54, 1.807) is 0 Å². The molecule has 0 amide bonds. The highest BCUT2D eigenvalue weighted by molar-refractivity contribution is 7.91. The zero-order valence-electron chi connectivity index (χ0n) is 27.2. The number of rotatable bonds is 19. The van der Waals surface area contributed by atoms with E-state index in [9.17, 15) is 43.5 Å². The summed E-state index contributed by atoms with van der Waals surface area (Å²) < 4.78 is 130. The standard InChI is InChI=1S/C27H32N8O13S4/c1-18-22(17-28)26(30-11-14-49(36,37)15-13-48-52(44,45)46)31-27(29-10-3-12-47-2)25(18)35-34-23-9-6-20(16-24(23)51(41,42)43)33-32-19-4-7-21(8-5-19)50(38,39)40/h4-9,16H,3,10-15H2,1-2H3,(H2,29,30,31)(H,38,39,40)(H,41,42,43)(H,44,45,46). The predicted molar refractivity (Wildman–Crippen MR) is 184 cm³/mol. The van der Waals surface area contributed by atoms with Crippen molar-refractivity contribution in [1.82, 2.24) is 4.98 Å². The molecule has 282 valence electrons. The molecule has 0 bridgehead atoms. The number of aromatic nitrogens is 1. The average Bonchev–Trinajstić information content (AvgIpc) is 3.04. The Labute approximate surface area is 299 Å². The lowest BCUT2D eigenvalue weighted by Gasteiger charge is -2.16. The van der Waals surface area contributed by atoms with Crippen LogP contribution in [0.5, 0.6) is 0 Å². The van der Waals surface area contributed by atoms with Crippen LogP contribution in [0.15, 0.2) is 72.7 Å². The number of nitrogens with zero attached hydrogens (tertiary/aromatic N) is 6. The number of hydrogen-bond acceptors (Lipinski definition) is 18. The number of nitrogens with one attached hydrogen (secondary N) is 2. The normalized spacial score (nSPS) is 12.7. The molecule has 0 fully saturated rings. The van der Waals surface area contributed by atoms with Crippen molar-refractivity contribution in [1.29, 1.82) is 5.26 Å². The van der Waals surface area contributed by atoms with Crippen molar-refractivity contribution in [3.8, 4) is 6.07 Å². The van der Waals surface area contributed by atoms with Gasteiger partial charge in [-0.1, -0.05) is 0 Å². The van der Waals surface area contributed by atoms with Crippen molar-refractivity contribution < 1.29 is 56.2 Å². The maximum Gasteiger partial charge on any atom is 0.397 e. The Balaban J connectivity index is 1.95. The number of nitriles is 1. The van der Waals surface area contributed by atoms with Crippen LogP contribution in [0.3, 0.4) is 0 Å². The van der Waals surface area contributed by atoms with Crippen LogP contribution in [0.4, 0.5) is 34.4 Å². The zero-order valence-corrected chi connectivity index (χ0v) is 30.5. The monoisotopic (exact) mass is 804 g/mol. The highest BCUT2D eigenvalue weighted by atomic mass is 32.3. The molecule has 0 aliphatic heterocycles. The van der Waals surface area contributed by atoms with Crippen molar-refractivity contribution >= 4 is 74.9 Å². The van der Waals surface area contributed by atoms with Crippen LogP contribution >= 0.6 is 0 Å². The summed E-state index contributed by atoms with van der Waals surface area (Å²) in [5.41, 5.74) is -0.129. The number of pyridine rings is 1. The minimum atomic E-state index is -4.92. The number of methoxy groups -OCH3 is 1. The summed E-state index contributed by atoms with van der Waals surface area (Å²) >= 11 is 0. The van der Waals surface area contributed by atoms with E-state index in [0.29, 0.717) is 13.0 Å². The fraction of sp³-hybridized carbons (Fsp3) is 0.333. The van der Waals surface area contributed by atoms with Gasteiger partial charge in [0.15, 0.2) is 15.7 Å². The quantitative estimate of drug-likeness (QED) is 0.0655. The van der Waals surface area contributed by atoms with Gasteiger partial charge in [-0.25, -0.2) is 17.6 Å². The van der Waals surface area contributed by atoms with E-state index in [1.165, 1.54) is 38.3 Å². The first-order chi connectivity index (χ1) is 24.2. The lowest BCUT2D eigenvalue weighted by molar-refractivity contribution is 0.198. The van der Waals surface area contributed by atoms with E-state index in [0.717, 1.165) is 18.2 Å². The Morgan fingerprint density at radius 2 is 1.42 bits per heavy atom. The van der Waals surface area contributed by atoms with Crippen LogP contribution in [0.2, 0.25) is 0 Å². The Morgan fingerprint density at radius 3 is 2.02 bits per heavy atom. The van der Waals surface area contributed by atoms with E-state index in [2.05, 4.69) is 40.3 Å². The topological polar surface area (TPSA) is 326 Å². The number of benzene rings is 2. The number of sulfone groups is 1. The van der Waals surface area contributed by atoms with Gasteiger partial charge >= 0.3 is 10.4 Å². The van der Waals surface area contributed by atoms with Crippen LogP contribution in [-0.2, 0) is 49.4 Å². The lowest BCUT2D eigenvalue weighted by Crippen LogP contribution is -2.22. The third-order valence-corrected chi connectivity index (χ3v) is 10.4. The summed E-state index contributed by atoms with van der Waals surface area (Å²) in [6.45, 7) is 1.06. The molecule has 3 aromatic rings. The van der Waals surface area contributed by atoms with Gasteiger partial charge in [-0.3, -0.25) is 13.7 Å². The first-order valence-electron chi connectivity index (χ1n) is 14.5. The second-order valence-corrected chi connectivity index (χ2v) is 16.6. The molecule has 3 rings (SSSR count). The van der Waals surface area contributed by atoms with Crippen LogP contribution in [0.1, 0.15) is 17.5 Å². The van der Waals surface area contributed by atoms with Gasteiger partial charge in [0.05, 0.1) is 39.9 Å². The summed E-state index contributed by atoms with van der Waals surface area (Å²) in [7, 11) is -16.6. The number of hydrogen-bond donors (Lipinski definition) is 5. The van der Waals surface area contributed by atoms with Crippen molar-refractivity contribution in [2.75, 3.05) is 55.6 Å². The van der Waals surface area contributed by atoms with E-state index in [4.69, 9.17) is 13.8 Å². The summed E-state index contributed by atoms with van der Waals surface area (Å²) in [5.74, 6) is -1.24. The maximum atomic E-state index is 12.3. The van der Waals surface area contributed by atoms with E-state index < -0.39 is 63.5 Å². The van der Waals surface area contributed by atoms with Crippen molar-refractivity contribution in [3.05, 3.63) is 53.6 Å². The van der Waals surface area contributed by atoms with Gasteiger partial charge in [0, 0.05) is 32.4 Å². The number of anilines is 2. The predicted octanol–water partition coefficient (Wildman–Crippen LogP) is 3.68. The molecular formula is C27H32N8O13S4. The molecule has 2 aromatic carbocycles.